The average molecular weight is 297 g/mol. The molecule has 0 radical (unpaired) electrons. The van der Waals surface area contributed by atoms with Crippen molar-refractivity contribution in [2.24, 2.45) is 5.73 Å². The fraction of sp³-hybridized carbons (Fsp3) is 0.625. The summed E-state index contributed by atoms with van der Waals surface area (Å²) in [6.07, 6.45) is 0.215. The topological polar surface area (TPSA) is 38.5 Å². The Morgan fingerprint density at radius 1 is 1.35 bits per heavy atom. The number of halogens is 1. The van der Waals surface area contributed by atoms with Crippen LogP contribution < -0.4 is 5.73 Å². The molecular formula is C16H25ClN2O. The fourth-order valence-electron chi connectivity index (χ4n) is 3.22. The van der Waals surface area contributed by atoms with Gasteiger partial charge < -0.3 is 10.5 Å². The van der Waals surface area contributed by atoms with Crippen LogP contribution in [0.2, 0.25) is 5.02 Å². The van der Waals surface area contributed by atoms with Crippen LogP contribution in [0, 0.1) is 0 Å². The highest BCUT2D eigenvalue weighted by Gasteiger charge is 2.36. The number of morpholine rings is 1. The Kier molecular flexibility index (Phi) is 4.75. The lowest BCUT2D eigenvalue weighted by molar-refractivity contribution is -0.139. The van der Waals surface area contributed by atoms with Crippen LogP contribution >= 0.6 is 11.6 Å². The SMILES string of the molecule is CC1CN(C(c2ccc(Cl)cc2)C(C)N)CC(C)(C)O1. The van der Waals surface area contributed by atoms with Gasteiger partial charge in [-0.05, 0) is 45.4 Å². The number of nitrogens with two attached hydrogens (primary N) is 1. The summed E-state index contributed by atoms with van der Waals surface area (Å²) in [7, 11) is 0. The number of nitrogens with zero attached hydrogens (tertiary/aromatic N) is 1. The predicted octanol–water partition coefficient (Wildman–Crippen LogP) is 3.23. The van der Waals surface area contributed by atoms with E-state index in [1.54, 1.807) is 0 Å². The van der Waals surface area contributed by atoms with Crippen LogP contribution in [0.3, 0.4) is 0 Å². The van der Waals surface area contributed by atoms with Crippen molar-refractivity contribution in [3.8, 4) is 0 Å². The second kappa shape index (κ2) is 6.02. The van der Waals surface area contributed by atoms with Crippen LogP contribution in [-0.4, -0.2) is 35.7 Å². The van der Waals surface area contributed by atoms with E-state index in [2.05, 4.69) is 44.7 Å². The number of rotatable bonds is 3. The standard InChI is InChI=1S/C16H25ClN2O/c1-11-9-19(10-16(3,4)20-11)15(12(2)18)13-5-7-14(17)8-6-13/h5-8,11-12,15H,9-10,18H2,1-4H3. The van der Waals surface area contributed by atoms with Gasteiger partial charge in [0.05, 0.1) is 11.7 Å². The zero-order valence-electron chi connectivity index (χ0n) is 12.8. The highest BCUT2D eigenvalue weighted by molar-refractivity contribution is 6.30. The quantitative estimate of drug-likeness (QED) is 0.931. The van der Waals surface area contributed by atoms with Crippen molar-refractivity contribution in [3.63, 3.8) is 0 Å². The molecule has 2 N–H and O–H groups in total. The second-order valence-electron chi connectivity index (χ2n) is 6.47. The summed E-state index contributed by atoms with van der Waals surface area (Å²) < 4.78 is 5.99. The molecule has 1 saturated heterocycles. The Bertz CT molecular complexity index is 444. The van der Waals surface area contributed by atoms with Crippen molar-refractivity contribution in [3.05, 3.63) is 34.9 Å². The van der Waals surface area contributed by atoms with Crippen LogP contribution in [0.5, 0.6) is 0 Å². The lowest BCUT2D eigenvalue weighted by atomic mass is 9.95. The minimum atomic E-state index is -0.142. The first-order chi connectivity index (χ1) is 9.28. The Morgan fingerprint density at radius 2 is 1.95 bits per heavy atom. The Morgan fingerprint density at radius 3 is 2.45 bits per heavy atom. The Balaban J connectivity index is 2.26. The molecule has 0 amide bonds. The number of benzene rings is 1. The molecular weight excluding hydrogens is 272 g/mol. The van der Waals surface area contributed by atoms with Gasteiger partial charge in [0.2, 0.25) is 0 Å². The molecule has 20 heavy (non-hydrogen) atoms. The molecule has 0 bridgehead atoms. The maximum atomic E-state index is 6.26. The normalized spacial score (nSPS) is 26.2. The number of ether oxygens (including phenoxy) is 1. The van der Waals surface area contributed by atoms with Crippen molar-refractivity contribution in [1.29, 1.82) is 0 Å². The third-order valence-corrected chi connectivity index (χ3v) is 3.95. The molecule has 1 fully saturated rings. The van der Waals surface area contributed by atoms with E-state index < -0.39 is 0 Å². The summed E-state index contributed by atoms with van der Waals surface area (Å²) in [6.45, 7) is 10.2. The van der Waals surface area contributed by atoms with E-state index in [1.807, 2.05) is 12.1 Å². The van der Waals surface area contributed by atoms with Gasteiger partial charge in [0.1, 0.15) is 0 Å². The van der Waals surface area contributed by atoms with Crippen molar-refractivity contribution >= 4 is 11.6 Å². The first kappa shape index (κ1) is 15.8. The van der Waals surface area contributed by atoms with Crippen LogP contribution in [0.15, 0.2) is 24.3 Å². The van der Waals surface area contributed by atoms with Gasteiger partial charge in [-0.1, -0.05) is 23.7 Å². The summed E-state index contributed by atoms with van der Waals surface area (Å²) >= 11 is 5.99. The van der Waals surface area contributed by atoms with Gasteiger partial charge in [-0.2, -0.15) is 0 Å². The third kappa shape index (κ3) is 3.73. The number of hydrogen-bond donors (Lipinski definition) is 1. The van der Waals surface area contributed by atoms with Crippen molar-refractivity contribution < 1.29 is 4.74 Å². The van der Waals surface area contributed by atoms with Gasteiger partial charge in [0.15, 0.2) is 0 Å². The molecule has 1 aromatic carbocycles. The molecule has 3 atom stereocenters. The smallest absolute Gasteiger partial charge is 0.0757 e. The van der Waals surface area contributed by atoms with Crippen LogP contribution in [0.25, 0.3) is 0 Å². The lowest BCUT2D eigenvalue weighted by Crippen LogP contribution is -2.55. The average Bonchev–Trinajstić information content (AvgIpc) is 2.28. The summed E-state index contributed by atoms with van der Waals surface area (Å²) in [5.41, 5.74) is 7.33. The minimum Gasteiger partial charge on any atom is -0.370 e. The summed E-state index contributed by atoms with van der Waals surface area (Å²) in [5.74, 6) is 0. The third-order valence-electron chi connectivity index (χ3n) is 3.70. The minimum absolute atomic E-state index is 0.0530. The van der Waals surface area contributed by atoms with Crippen molar-refractivity contribution in [1.82, 2.24) is 4.90 Å². The molecule has 3 nitrogen and oxygen atoms in total. The van der Waals surface area contributed by atoms with E-state index >= 15 is 0 Å². The first-order valence-electron chi connectivity index (χ1n) is 7.21. The highest BCUT2D eigenvalue weighted by atomic mass is 35.5. The molecule has 1 aliphatic rings. The molecule has 0 saturated carbocycles. The van der Waals surface area contributed by atoms with E-state index in [-0.39, 0.29) is 23.8 Å². The molecule has 4 heteroatoms. The van der Waals surface area contributed by atoms with Crippen LogP contribution in [0.4, 0.5) is 0 Å². The van der Waals surface area contributed by atoms with E-state index in [9.17, 15) is 0 Å². The molecule has 0 aromatic heterocycles. The maximum absolute atomic E-state index is 6.26. The van der Waals surface area contributed by atoms with Gasteiger partial charge in [0, 0.05) is 30.2 Å². The van der Waals surface area contributed by atoms with Gasteiger partial charge in [-0.25, -0.2) is 0 Å². The van der Waals surface area contributed by atoms with E-state index in [1.165, 1.54) is 5.56 Å². The zero-order valence-corrected chi connectivity index (χ0v) is 13.5. The molecule has 112 valence electrons. The van der Waals surface area contributed by atoms with Crippen LogP contribution in [0.1, 0.15) is 39.3 Å². The van der Waals surface area contributed by atoms with E-state index in [0.29, 0.717) is 0 Å². The summed E-state index contributed by atoms with van der Waals surface area (Å²) in [4.78, 5) is 2.43. The molecule has 3 unspecified atom stereocenters. The van der Waals surface area contributed by atoms with Gasteiger partial charge in [-0.15, -0.1) is 0 Å². The molecule has 1 aliphatic heterocycles. The van der Waals surface area contributed by atoms with Crippen LogP contribution in [-0.2, 0) is 4.74 Å². The summed E-state index contributed by atoms with van der Waals surface area (Å²) in [6, 6.07) is 8.26. The Hall–Kier alpha value is -0.610. The van der Waals surface area contributed by atoms with Gasteiger partial charge in [-0.3, -0.25) is 4.90 Å². The van der Waals surface area contributed by atoms with E-state index in [0.717, 1.165) is 18.1 Å². The second-order valence-corrected chi connectivity index (χ2v) is 6.91. The molecule has 0 aliphatic carbocycles. The largest absolute Gasteiger partial charge is 0.370 e. The Labute approximate surface area is 127 Å². The summed E-state index contributed by atoms with van der Waals surface area (Å²) in [5, 5.41) is 0.757. The van der Waals surface area contributed by atoms with Crippen molar-refractivity contribution in [2.45, 2.75) is 51.5 Å². The number of hydrogen-bond acceptors (Lipinski definition) is 3. The zero-order chi connectivity index (χ0) is 14.9. The lowest BCUT2D eigenvalue weighted by Gasteiger charge is -2.46. The molecule has 1 heterocycles. The highest BCUT2D eigenvalue weighted by Crippen LogP contribution is 2.31. The van der Waals surface area contributed by atoms with Crippen molar-refractivity contribution in [2.75, 3.05) is 13.1 Å². The molecule has 2 rings (SSSR count). The molecule has 0 spiro atoms. The van der Waals surface area contributed by atoms with Gasteiger partial charge in [0.25, 0.3) is 0 Å². The van der Waals surface area contributed by atoms with E-state index in [4.69, 9.17) is 22.1 Å². The maximum Gasteiger partial charge on any atom is 0.0757 e. The first-order valence-corrected chi connectivity index (χ1v) is 7.59. The fourth-order valence-corrected chi connectivity index (χ4v) is 3.35. The monoisotopic (exact) mass is 296 g/mol. The predicted molar refractivity (Wildman–Crippen MR) is 84.0 cm³/mol. The molecule has 1 aromatic rings. The van der Waals surface area contributed by atoms with Gasteiger partial charge >= 0.3 is 0 Å².